The van der Waals surface area contributed by atoms with Gasteiger partial charge >= 0.3 is 12.0 Å². The molecule has 2 rings (SSSR count). The van der Waals surface area contributed by atoms with Crippen LogP contribution in [0.5, 0.6) is 0 Å². The lowest BCUT2D eigenvalue weighted by Crippen LogP contribution is -2.36. The number of carbonyl (C=O) groups is 2. The molecule has 110 valence electrons. The molecule has 0 aromatic carbocycles. The lowest BCUT2D eigenvalue weighted by atomic mass is 10.1. The molecule has 2 amide bonds. The van der Waals surface area contributed by atoms with Crippen molar-refractivity contribution >= 4 is 28.3 Å². The van der Waals surface area contributed by atoms with Gasteiger partial charge in [-0.1, -0.05) is 0 Å². The summed E-state index contributed by atoms with van der Waals surface area (Å²) in [5, 5.41) is 12.4. The van der Waals surface area contributed by atoms with Gasteiger partial charge in [0.1, 0.15) is 5.00 Å². The minimum absolute atomic E-state index is 0.187. The fraction of sp³-hybridized carbons (Fsp3) is 0.538. The molecule has 1 aromatic heterocycles. The van der Waals surface area contributed by atoms with Gasteiger partial charge < -0.3 is 14.7 Å². The van der Waals surface area contributed by atoms with Gasteiger partial charge in [-0.15, -0.1) is 11.3 Å². The highest BCUT2D eigenvalue weighted by Gasteiger charge is 2.22. The molecule has 2 heterocycles. The summed E-state index contributed by atoms with van der Waals surface area (Å²) in [4.78, 5) is 26.0. The number of anilines is 1. The van der Waals surface area contributed by atoms with Gasteiger partial charge in [-0.3, -0.25) is 5.32 Å². The van der Waals surface area contributed by atoms with Gasteiger partial charge in [-0.05, 0) is 25.8 Å². The number of hydrogen-bond donors (Lipinski definition) is 2. The number of aryl methyl sites for hydroxylation is 1. The normalized spacial score (nSPS) is 15.8. The van der Waals surface area contributed by atoms with Crippen LogP contribution in [0.25, 0.3) is 0 Å². The van der Waals surface area contributed by atoms with Crippen LogP contribution < -0.4 is 5.32 Å². The molecule has 0 spiro atoms. The van der Waals surface area contributed by atoms with Crippen LogP contribution >= 0.6 is 11.3 Å². The second kappa shape index (κ2) is 6.23. The van der Waals surface area contributed by atoms with Gasteiger partial charge in [-0.25, -0.2) is 9.59 Å². The Balaban J connectivity index is 2.15. The quantitative estimate of drug-likeness (QED) is 0.878. The Morgan fingerprint density at radius 1 is 1.30 bits per heavy atom. The summed E-state index contributed by atoms with van der Waals surface area (Å²) in [6.45, 7) is 5.92. The van der Waals surface area contributed by atoms with Crippen molar-refractivity contribution in [1.82, 2.24) is 4.90 Å². The average Bonchev–Trinajstić information content (AvgIpc) is 2.61. The number of urea groups is 1. The average molecular weight is 298 g/mol. The van der Waals surface area contributed by atoms with Crippen molar-refractivity contribution in [2.45, 2.75) is 20.3 Å². The van der Waals surface area contributed by atoms with Crippen molar-refractivity contribution < 1.29 is 19.4 Å². The first kappa shape index (κ1) is 14.8. The molecule has 0 aliphatic carbocycles. The Bertz CT molecular complexity index is 519. The first-order valence-electron chi connectivity index (χ1n) is 6.47. The van der Waals surface area contributed by atoms with E-state index < -0.39 is 5.97 Å². The molecule has 0 atom stereocenters. The van der Waals surface area contributed by atoms with Gasteiger partial charge in [0.15, 0.2) is 0 Å². The van der Waals surface area contributed by atoms with Crippen LogP contribution in [0, 0.1) is 13.8 Å². The molecule has 20 heavy (non-hydrogen) atoms. The summed E-state index contributed by atoms with van der Waals surface area (Å²) in [7, 11) is 0. The summed E-state index contributed by atoms with van der Waals surface area (Å²) in [5.41, 5.74) is 0.893. The zero-order valence-electron chi connectivity index (χ0n) is 11.6. The summed E-state index contributed by atoms with van der Waals surface area (Å²) in [6, 6.07) is -0.265. The molecule has 1 saturated heterocycles. The van der Waals surface area contributed by atoms with E-state index in [1.807, 2.05) is 6.92 Å². The highest BCUT2D eigenvalue weighted by molar-refractivity contribution is 7.16. The maximum Gasteiger partial charge on any atom is 0.338 e. The van der Waals surface area contributed by atoms with Crippen molar-refractivity contribution in [3.05, 3.63) is 16.0 Å². The zero-order valence-corrected chi connectivity index (χ0v) is 12.4. The van der Waals surface area contributed by atoms with Crippen LogP contribution in [0.4, 0.5) is 9.80 Å². The third-order valence-electron chi connectivity index (χ3n) is 3.33. The van der Waals surface area contributed by atoms with E-state index in [1.54, 1.807) is 11.8 Å². The van der Waals surface area contributed by atoms with Crippen molar-refractivity contribution in [3.63, 3.8) is 0 Å². The molecule has 0 saturated carbocycles. The van der Waals surface area contributed by atoms with E-state index in [9.17, 15) is 14.7 Å². The molecule has 1 aromatic rings. The minimum Gasteiger partial charge on any atom is -0.478 e. The fourth-order valence-electron chi connectivity index (χ4n) is 2.10. The maximum absolute atomic E-state index is 12.2. The second-order valence-corrected chi connectivity index (χ2v) is 5.90. The number of carbonyl (C=O) groups excluding carboxylic acids is 1. The second-order valence-electron chi connectivity index (χ2n) is 4.68. The number of aromatic carboxylic acids is 1. The third kappa shape index (κ3) is 3.10. The number of hydrogen-bond acceptors (Lipinski definition) is 4. The number of nitrogens with one attached hydrogen (secondary N) is 1. The topological polar surface area (TPSA) is 78.9 Å². The van der Waals surface area contributed by atoms with Gasteiger partial charge in [0.25, 0.3) is 0 Å². The maximum atomic E-state index is 12.2. The first-order chi connectivity index (χ1) is 9.50. The van der Waals surface area contributed by atoms with Crippen LogP contribution in [0.15, 0.2) is 0 Å². The van der Waals surface area contributed by atoms with Gasteiger partial charge in [0, 0.05) is 24.6 Å². The monoisotopic (exact) mass is 298 g/mol. The van der Waals surface area contributed by atoms with Gasteiger partial charge in [0.05, 0.1) is 12.2 Å². The molecule has 0 unspecified atom stereocenters. The number of thiophene rings is 1. The molecule has 0 bridgehead atoms. The summed E-state index contributed by atoms with van der Waals surface area (Å²) in [5.74, 6) is -1.01. The summed E-state index contributed by atoms with van der Waals surface area (Å²) in [6.07, 6.45) is 0.793. The van der Waals surface area contributed by atoms with Gasteiger partial charge in [-0.2, -0.15) is 0 Å². The Morgan fingerprint density at radius 2 is 2.05 bits per heavy atom. The van der Waals surface area contributed by atoms with Crippen LogP contribution in [0.3, 0.4) is 0 Å². The molecule has 6 nitrogen and oxygen atoms in total. The van der Waals surface area contributed by atoms with E-state index in [2.05, 4.69) is 5.32 Å². The van der Waals surface area contributed by atoms with Crippen LogP contribution in [-0.4, -0.2) is 48.3 Å². The number of ether oxygens (including phenoxy) is 1. The Hall–Kier alpha value is -1.60. The molecule has 1 aliphatic heterocycles. The van der Waals surface area contributed by atoms with E-state index in [0.717, 1.165) is 11.3 Å². The summed E-state index contributed by atoms with van der Waals surface area (Å²) >= 11 is 1.30. The highest BCUT2D eigenvalue weighted by Crippen LogP contribution is 2.32. The van der Waals surface area contributed by atoms with Crippen molar-refractivity contribution in [2.75, 3.05) is 31.6 Å². The minimum atomic E-state index is -1.01. The molecular weight excluding hydrogens is 280 g/mol. The molecule has 1 aliphatic rings. The smallest absolute Gasteiger partial charge is 0.338 e. The Labute approximate surface area is 121 Å². The molecular formula is C13H18N2O4S. The van der Waals surface area contributed by atoms with E-state index in [0.29, 0.717) is 36.9 Å². The van der Waals surface area contributed by atoms with Crippen LogP contribution in [0.1, 0.15) is 27.2 Å². The molecule has 2 N–H and O–H groups in total. The molecule has 7 heteroatoms. The van der Waals surface area contributed by atoms with Crippen LogP contribution in [0.2, 0.25) is 0 Å². The first-order valence-corrected chi connectivity index (χ1v) is 7.29. The van der Waals surface area contributed by atoms with Crippen molar-refractivity contribution in [3.8, 4) is 0 Å². The van der Waals surface area contributed by atoms with E-state index >= 15 is 0 Å². The zero-order chi connectivity index (χ0) is 14.7. The summed E-state index contributed by atoms with van der Waals surface area (Å²) < 4.78 is 5.30. The molecule has 0 radical (unpaired) electrons. The largest absolute Gasteiger partial charge is 0.478 e. The number of rotatable bonds is 2. The molecule has 1 fully saturated rings. The standard InChI is InChI=1S/C13H18N2O4S/c1-8-9(2)20-11(10(8)12(16)17)14-13(18)15-4-3-6-19-7-5-15/h3-7H2,1-2H3,(H,14,18)(H,16,17). The van der Waals surface area contributed by atoms with Crippen molar-refractivity contribution in [2.24, 2.45) is 0 Å². The number of amides is 2. The van der Waals surface area contributed by atoms with E-state index in [-0.39, 0.29) is 11.6 Å². The van der Waals surface area contributed by atoms with Gasteiger partial charge in [0.2, 0.25) is 0 Å². The Morgan fingerprint density at radius 3 is 2.75 bits per heavy atom. The third-order valence-corrected chi connectivity index (χ3v) is 4.45. The highest BCUT2D eigenvalue weighted by atomic mass is 32.1. The van der Waals surface area contributed by atoms with Crippen LogP contribution in [-0.2, 0) is 4.74 Å². The SMILES string of the molecule is Cc1sc(NC(=O)N2CCCOCC2)c(C(=O)O)c1C. The number of nitrogens with zero attached hydrogens (tertiary/aromatic N) is 1. The Kier molecular flexibility index (Phi) is 4.61. The lowest BCUT2D eigenvalue weighted by molar-refractivity contribution is 0.0697. The fourth-order valence-corrected chi connectivity index (χ4v) is 3.14. The number of carboxylic acids is 1. The lowest BCUT2D eigenvalue weighted by Gasteiger charge is -2.19. The predicted octanol–water partition coefficient (Wildman–Crippen LogP) is 2.32. The van der Waals surface area contributed by atoms with Crippen molar-refractivity contribution in [1.29, 1.82) is 0 Å². The van der Waals surface area contributed by atoms with E-state index in [1.165, 1.54) is 11.3 Å². The number of carboxylic acid groups (broad SMARTS) is 1. The van der Waals surface area contributed by atoms with E-state index in [4.69, 9.17) is 4.74 Å². The predicted molar refractivity (Wildman–Crippen MR) is 76.8 cm³/mol.